The lowest BCUT2D eigenvalue weighted by atomic mass is 9.89. The van der Waals surface area contributed by atoms with Gasteiger partial charge in [-0.15, -0.1) is 0 Å². The molecule has 0 unspecified atom stereocenters. The van der Waals surface area contributed by atoms with Crippen LogP contribution >= 0.6 is 0 Å². The molecule has 0 saturated heterocycles. The first-order valence-corrected chi connectivity index (χ1v) is 6.21. The van der Waals surface area contributed by atoms with E-state index in [-0.39, 0.29) is 12.1 Å². The molecule has 0 atom stereocenters. The van der Waals surface area contributed by atoms with Crippen LogP contribution in [-0.2, 0) is 4.74 Å². The average molecular weight is 275 g/mol. The van der Waals surface area contributed by atoms with Crippen LogP contribution in [0.2, 0.25) is 0 Å². The van der Waals surface area contributed by atoms with Crippen molar-refractivity contribution >= 4 is 5.69 Å². The van der Waals surface area contributed by atoms with Crippen LogP contribution in [-0.4, -0.2) is 25.4 Å². The van der Waals surface area contributed by atoms with Gasteiger partial charge in [-0.2, -0.15) is 8.78 Å². The van der Waals surface area contributed by atoms with E-state index in [1.54, 1.807) is 0 Å². The van der Waals surface area contributed by atoms with Crippen molar-refractivity contribution < 1.29 is 22.6 Å². The van der Waals surface area contributed by atoms with Gasteiger partial charge < -0.3 is 14.8 Å². The van der Waals surface area contributed by atoms with Crippen LogP contribution in [0.1, 0.15) is 19.8 Å². The quantitative estimate of drug-likeness (QED) is 0.863. The zero-order chi connectivity index (χ0) is 13.8. The summed E-state index contributed by atoms with van der Waals surface area (Å²) in [6.07, 6.45) is 1.99. The fraction of sp³-hybridized carbons (Fsp3) is 0.538. The van der Waals surface area contributed by atoms with Crippen molar-refractivity contribution in [1.29, 1.82) is 0 Å². The molecule has 3 nitrogen and oxygen atoms in total. The largest absolute Gasteiger partial charge is 0.432 e. The number of hydrogen-bond donors (Lipinski definition) is 1. The minimum absolute atomic E-state index is 0.234. The zero-order valence-corrected chi connectivity index (χ0v) is 10.5. The number of benzene rings is 1. The molecule has 2 rings (SSSR count). The Morgan fingerprint density at radius 1 is 1.37 bits per heavy atom. The summed E-state index contributed by atoms with van der Waals surface area (Å²) in [4.78, 5) is 0. The van der Waals surface area contributed by atoms with Crippen LogP contribution < -0.4 is 10.1 Å². The second kappa shape index (κ2) is 6.14. The summed E-state index contributed by atoms with van der Waals surface area (Å²) in [6, 6.07) is 4.11. The van der Waals surface area contributed by atoms with Gasteiger partial charge in [0.15, 0.2) is 11.6 Å². The highest BCUT2D eigenvalue weighted by atomic mass is 19.3. The Balaban J connectivity index is 1.87. The van der Waals surface area contributed by atoms with Gasteiger partial charge in [-0.25, -0.2) is 4.39 Å². The van der Waals surface area contributed by atoms with Crippen molar-refractivity contribution in [2.24, 2.45) is 0 Å². The van der Waals surface area contributed by atoms with Crippen LogP contribution in [0.15, 0.2) is 18.2 Å². The SMILES string of the molecule is CCOC1CC(Nc2ccc(OC(F)F)c(F)c2)C1. The first kappa shape index (κ1) is 14.0. The van der Waals surface area contributed by atoms with Crippen LogP contribution in [0.5, 0.6) is 5.75 Å². The van der Waals surface area contributed by atoms with Crippen molar-refractivity contribution in [1.82, 2.24) is 0 Å². The number of hydrogen-bond acceptors (Lipinski definition) is 3. The molecule has 1 saturated carbocycles. The summed E-state index contributed by atoms with van der Waals surface area (Å²) in [5.74, 6) is -1.24. The molecular formula is C13H16F3NO2. The standard InChI is InChI=1S/C13H16F3NO2/c1-2-18-10-5-9(6-10)17-8-3-4-12(11(14)7-8)19-13(15)16/h3-4,7,9-10,13,17H,2,5-6H2,1H3. The summed E-state index contributed by atoms with van der Waals surface area (Å²) in [5.41, 5.74) is 0.555. The van der Waals surface area contributed by atoms with Gasteiger partial charge in [0.05, 0.1) is 6.10 Å². The molecule has 1 aromatic carbocycles. The van der Waals surface area contributed by atoms with E-state index in [1.807, 2.05) is 6.92 Å². The molecule has 0 bridgehead atoms. The van der Waals surface area contributed by atoms with E-state index < -0.39 is 18.2 Å². The van der Waals surface area contributed by atoms with Gasteiger partial charge in [0.1, 0.15) is 0 Å². The monoisotopic (exact) mass is 275 g/mol. The van der Waals surface area contributed by atoms with Crippen molar-refractivity contribution in [2.45, 2.75) is 38.5 Å². The van der Waals surface area contributed by atoms with E-state index in [1.165, 1.54) is 12.1 Å². The Kier molecular flexibility index (Phi) is 4.52. The van der Waals surface area contributed by atoms with Crippen LogP contribution in [0.25, 0.3) is 0 Å². The van der Waals surface area contributed by atoms with Gasteiger partial charge in [-0.1, -0.05) is 0 Å². The molecule has 1 N–H and O–H groups in total. The van der Waals surface area contributed by atoms with Crippen molar-refractivity contribution in [3.8, 4) is 5.75 Å². The topological polar surface area (TPSA) is 30.5 Å². The fourth-order valence-corrected chi connectivity index (χ4v) is 2.07. The van der Waals surface area contributed by atoms with Crippen molar-refractivity contribution in [3.05, 3.63) is 24.0 Å². The van der Waals surface area contributed by atoms with E-state index in [0.717, 1.165) is 18.9 Å². The predicted octanol–water partition coefficient (Wildman–Crippen LogP) is 3.41. The number of nitrogens with one attached hydrogen (secondary N) is 1. The molecule has 1 aliphatic carbocycles. The normalized spacial score (nSPS) is 22.2. The van der Waals surface area contributed by atoms with Gasteiger partial charge >= 0.3 is 6.61 Å². The molecule has 1 fully saturated rings. The van der Waals surface area contributed by atoms with Crippen LogP contribution in [0.4, 0.5) is 18.9 Å². The lowest BCUT2D eigenvalue weighted by Gasteiger charge is -2.36. The second-order valence-corrected chi connectivity index (χ2v) is 4.41. The predicted molar refractivity (Wildman–Crippen MR) is 65.1 cm³/mol. The highest BCUT2D eigenvalue weighted by molar-refractivity contribution is 5.48. The Hall–Kier alpha value is -1.43. The van der Waals surface area contributed by atoms with E-state index >= 15 is 0 Å². The first-order chi connectivity index (χ1) is 9.08. The Morgan fingerprint density at radius 2 is 2.11 bits per heavy atom. The van der Waals surface area contributed by atoms with Gasteiger partial charge in [-0.3, -0.25) is 0 Å². The minimum atomic E-state index is -3.02. The maximum atomic E-state index is 13.5. The molecule has 106 valence electrons. The summed E-state index contributed by atoms with van der Waals surface area (Å²) >= 11 is 0. The maximum absolute atomic E-state index is 13.5. The Morgan fingerprint density at radius 3 is 2.68 bits per heavy atom. The number of ether oxygens (including phenoxy) is 2. The van der Waals surface area contributed by atoms with Crippen LogP contribution in [0.3, 0.4) is 0 Å². The lowest BCUT2D eigenvalue weighted by molar-refractivity contribution is -0.0521. The van der Waals surface area contributed by atoms with Gasteiger partial charge in [0.2, 0.25) is 0 Å². The number of alkyl halides is 2. The maximum Gasteiger partial charge on any atom is 0.387 e. The summed E-state index contributed by atoms with van der Waals surface area (Å²) in [6.45, 7) is -0.393. The van der Waals surface area contributed by atoms with E-state index in [0.29, 0.717) is 12.3 Å². The molecule has 1 aliphatic rings. The molecular weight excluding hydrogens is 259 g/mol. The summed E-state index contributed by atoms with van der Waals surface area (Å²) in [5, 5.41) is 3.13. The minimum Gasteiger partial charge on any atom is -0.432 e. The van der Waals surface area contributed by atoms with Gasteiger partial charge in [-0.05, 0) is 31.9 Å². The Bertz CT molecular complexity index is 422. The Labute approximate surface area is 109 Å². The first-order valence-electron chi connectivity index (χ1n) is 6.21. The fourth-order valence-electron chi connectivity index (χ4n) is 2.07. The highest BCUT2D eigenvalue weighted by Gasteiger charge is 2.29. The van der Waals surface area contributed by atoms with E-state index in [2.05, 4.69) is 10.1 Å². The lowest BCUT2D eigenvalue weighted by Crippen LogP contribution is -2.40. The number of halogens is 3. The van der Waals surface area contributed by atoms with Crippen molar-refractivity contribution in [2.75, 3.05) is 11.9 Å². The number of anilines is 1. The van der Waals surface area contributed by atoms with E-state index in [4.69, 9.17) is 4.74 Å². The average Bonchev–Trinajstić information content (AvgIpc) is 2.29. The molecule has 19 heavy (non-hydrogen) atoms. The molecule has 0 radical (unpaired) electrons. The summed E-state index contributed by atoms with van der Waals surface area (Å²) in [7, 11) is 0. The molecule has 1 aromatic rings. The van der Waals surface area contributed by atoms with Crippen molar-refractivity contribution in [3.63, 3.8) is 0 Å². The molecule has 0 aromatic heterocycles. The molecule has 0 amide bonds. The van der Waals surface area contributed by atoms with Gasteiger partial charge in [0.25, 0.3) is 0 Å². The third-order valence-electron chi connectivity index (χ3n) is 3.02. The highest BCUT2D eigenvalue weighted by Crippen LogP contribution is 2.29. The second-order valence-electron chi connectivity index (χ2n) is 4.41. The zero-order valence-electron chi connectivity index (χ0n) is 10.5. The number of rotatable bonds is 6. The third kappa shape index (κ3) is 3.76. The molecule has 0 aliphatic heterocycles. The summed E-state index contributed by atoms with van der Waals surface area (Å²) < 4.78 is 46.9. The third-order valence-corrected chi connectivity index (χ3v) is 3.02. The molecule has 6 heteroatoms. The van der Waals surface area contributed by atoms with Crippen LogP contribution in [0, 0.1) is 5.82 Å². The molecule has 0 heterocycles. The smallest absolute Gasteiger partial charge is 0.387 e. The molecule has 0 spiro atoms. The van der Waals surface area contributed by atoms with Gasteiger partial charge in [0, 0.05) is 24.4 Å². The van der Waals surface area contributed by atoms with E-state index in [9.17, 15) is 13.2 Å².